The van der Waals surface area contributed by atoms with Crippen LogP contribution in [-0.4, -0.2) is 101 Å². The Morgan fingerprint density at radius 2 is 1.61 bits per heavy atom. The smallest absolute Gasteiger partial charge is 0.364 e. The molecule has 16 nitrogen and oxygen atoms in total. The van der Waals surface area contributed by atoms with Gasteiger partial charge in [-0.1, -0.05) is 6.07 Å². The third kappa shape index (κ3) is 5.96. The number of phenolic OH excluding ortho intramolecular Hbond substituents is 2. The Morgan fingerprint density at radius 3 is 2.20 bits per heavy atom. The van der Waals surface area contributed by atoms with E-state index in [0.29, 0.717) is 22.4 Å². The fraction of sp³-hybridized carbons (Fsp3) is 0.312. The van der Waals surface area contributed by atoms with Crippen molar-refractivity contribution in [1.29, 1.82) is 0 Å². The van der Waals surface area contributed by atoms with E-state index in [1.54, 1.807) is 24.3 Å². The summed E-state index contributed by atoms with van der Waals surface area (Å²) in [5.74, 6) is -5.78. The van der Waals surface area contributed by atoms with Gasteiger partial charge in [-0.25, -0.2) is 9.59 Å². The molecule has 6 rings (SSSR count). The molecule has 3 heterocycles. The number of carboxylic acid groups (broad SMARTS) is 1. The molecule has 258 valence electrons. The predicted molar refractivity (Wildman–Crippen MR) is 170 cm³/mol. The minimum Gasteiger partial charge on any atom is -0.508 e. The molecule has 3 aromatic rings. The Morgan fingerprint density at radius 1 is 1.00 bits per heavy atom. The molecule has 17 heteroatoms. The lowest BCUT2D eigenvalue weighted by molar-refractivity contribution is -0.294. The van der Waals surface area contributed by atoms with Crippen LogP contribution >= 0.6 is 12.2 Å². The van der Waals surface area contributed by atoms with Crippen molar-refractivity contribution >= 4 is 40.9 Å². The van der Waals surface area contributed by atoms with Crippen molar-refractivity contribution < 1.29 is 64.3 Å². The van der Waals surface area contributed by atoms with E-state index in [1.807, 2.05) is 0 Å². The minimum absolute atomic E-state index is 0.0648. The van der Waals surface area contributed by atoms with E-state index in [1.165, 1.54) is 30.3 Å². The topological polar surface area (TPSA) is 257 Å². The Balaban J connectivity index is 1.19. The number of nitrogens with one attached hydrogen (secondary N) is 3. The van der Waals surface area contributed by atoms with E-state index in [9.17, 15) is 50.1 Å². The summed E-state index contributed by atoms with van der Waals surface area (Å²) in [6.07, 6.45) is -7.83. The summed E-state index contributed by atoms with van der Waals surface area (Å²) < 4.78 is 17.2. The largest absolute Gasteiger partial charge is 0.508 e. The number of amides is 1. The van der Waals surface area contributed by atoms with Gasteiger partial charge in [0.05, 0.1) is 23.8 Å². The first-order chi connectivity index (χ1) is 23.1. The van der Waals surface area contributed by atoms with Crippen molar-refractivity contribution in [3.63, 3.8) is 0 Å². The molecule has 0 aromatic heterocycles. The van der Waals surface area contributed by atoms with E-state index in [2.05, 4.69) is 16.0 Å². The third-order valence-corrected chi connectivity index (χ3v) is 8.77. The average Bonchev–Trinajstić information content (AvgIpc) is 3.31. The van der Waals surface area contributed by atoms with E-state index in [4.69, 9.17) is 26.4 Å². The van der Waals surface area contributed by atoms with Crippen molar-refractivity contribution in [2.24, 2.45) is 0 Å². The number of ether oxygens (including phenoxy) is 3. The summed E-state index contributed by atoms with van der Waals surface area (Å²) in [5, 5.41) is 79.8. The van der Waals surface area contributed by atoms with Gasteiger partial charge in [-0.15, -0.1) is 0 Å². The van der Waals surface area contributed by atoms with Crippen LogP contribution in [0, 0.1) is 0 Å². The van der Waals surface area contributed by atoms with E-state index < -0.39 is 72.7 Å². The normalized spacial score (nSPS) is 24.3. The quantitative estimate of drug-likeness (QED) is 0.116. The number of carboxylic acids is 1. The van der Waals surface area contributed by atoms with Crippen molar-refractivity contribution in [2.75, 3.05) is 11.9 Å². The molecule has 6 atom stereocenters. The van der Waals surface area contributed by atoms with Gasteiger partial charge in [-0.3, -0.25) is 4.79 Å². The van der Waals surface area contributed by atoms with Gasteiger partial charge in [-0.05, 0) is 48.6 Å². The highest BCUT2D eigenvalue weighted by Gasteiger charge is 2.55. The lowest BCUT2D eigenvalue weighted by Gasteiger charge is -2.44. The highest BCUT2D eigenvalue weighted by Crippen LogP contribution is 2.57. The fourth-order valence-electron chi connectivity index (χ4n) is 6.30. The number of carbonyl (C=O) groups excluding carboxylic acids is 2. The van der Waals surface area contributed by atoms with Crippen molar-refractivity contribution in [3.05, 3.63) is 76.9 Å². The summed E-state index contributed by atoms with van der Waals surface area (Å²) >= 11 is 5.33. The maximum atomic E-state index is 13.4. The number of phenols is 2. The van der Waals surface area contributed by atoms with Crippen LogP contribution in [0.5, 0.6) is 23.0 Å². The zero-order valence-electron chi connectivity index (χ0n) is 25.5. The highest BCUT2D eigenvalue weighted by atomic mass is 32.1. The van der Waals surface area contributed by atoms with E-state index in [0.717, 1.165) is 6.92 Å². The number of hydrogen-bond acceptors (Lipinski definition) is 13. The van der Waals surface area contributed by atoms with Crippen LogP contribution in [0.15, 0.2) is 54.6 Å². The van der Waals surface area contributed by atoms with Gasteiger partial charge in [0.15, 0.2) is 10.7 Å². The van der Waals surface area contributed by atoms with Gasteiger partial charge < -0.3 is 65.9 Å². The minimum atomic E-state index is -2.89. The molecule has 0 saturated carbocycles. The maximum Gasteiger partial charge on any atom is 0.364 e. The summed E-state index contributed by atoms with van der Waals surface area (Å²) in [5.41, 5.74) is 0.375. The predicted octanol–water partition coefficient (Wildman–Crippen LogP) is 0.102. The maximum absolute atomic E-state index is 13.4. The number of carbonyl (C=O) groups is 3. The second-order valence-corrected chi connectivity index (χ2v) is 12.3. The second kappa shape index (κ2) is 12.4. The molecular weight excluding hydrogens is 666 g/mol. The highest BCUT2D eigenvalue weighted by molar-refractivity contribution is 7.80. The number of benzene rings is 3. The zero-order valence-corrected chi connectivity index (χ0v) is 26.3. The lowest BCUT2D eigenvalue weighted by atomic mass is 9.77. The molecular formula is C32H31N3O13S. The first-order valence-electron chi connectivity index (χ1n) is 14.9. The van der Waals surface area contributed by atoms with Crippen LogP contribution in [-0.2, 0) is 24.7 Å². The Hall–Kier alpha value is -5.04. The van der Waals surface area contributed by atoms with Gasteiger partial charge in [0, 0.05) is 54.4 Å². The first-order valence-corrected chi connectivity index (χ1v) is 15.3. The van der Waals surface area contributed by atoms with Crippen LogP contribution in [0.25, 0.3) is 0 Å². The molecule has 0 radical (unpaired) electrons. The molecule has 0 aliphatic carbocycles. The number of anilines is 1. The molecule has 0 bridgehead atoms. The summed E-state index contributed by atoms with van der Waals surface area (Å²) in [6, 6.07) is 12.1. The molecule has 0 unspecified atom stereocenters. The van der Waals surface area contributed by atoms with Gasteiger partial charge in [0.25, 0.3) is 5.79 Å². The number of esters is 1. The molecule has 49 heavy (non-hydrogen) atoms. The van der Waals surface area contributed by atoms with Crippen LogP contribution in [0.2, 0.25) is 0 Å². The zero-order chi connectivity index (χ0) is 35.4. The first kappa shape index (κ1) is 33.8. The summed E-state index contributed by atoms with van der Waals surface area (Å²) in [6.45, 7) is 0.679. The van der Waals surface area contributed by atoms with Crippen molar-refractivity contribution in [1.82, 2.24) is 10.6 Å². The molecule has 1 fully saturated rings. The van der Waals surface area contributed by atoms with E-state index in [-0.39, 0.29) is 33.7 Å². The standard InChI is InChI=1S/C32H31N3O13S/c1-13(36)34-25-21(39)11-31(45,29(43)44)47-27(25)26(41)22(40)12-33-30(49)35-14-2-5-18-17(8-14)28(42)48-32(18)19-6-3-15(37)9-23(19)46-24-10-16(38)4-7-20(24)32/h2-10,21-22,25-27,37-41,45H,11-12H2,1H3,(H,34,36)(H,43,44)(H2,33,35,49)/t21-,22+,25-,26+,27+,31-/m1/s1. The molecule has 1 saturated heterocycles. The number of rotatable bonds is 7. The average molecular weight is 698 g/mol. The van der Waals surface area contributed by atoms with Gasteiger partial charge in [-0.2, -0.15) is 0 Å². The number of thiocarbonyl (C=S) groups is 1. The van der Waals surface area contributed by atoms with Crippen molar-refractivity contribution in [3.8, 4) is 23.0 Å². The third-order valence-electron chi connectivity index (χ3n) is 8.52. The molecule has 3 aliphatic heterocycles. The lowest BCUT2D eigenvalue weighted by Crippen LogP contribution is -2.67. The molecule has 1 amide bonds. The number of fused-ring (bicyclic) bond motifs is 6. The summed E-state index contributed by atoms with van der Waals surface area (Å²) in [4.78, 5) is 36.6. The molecule has 10 N–H and O–H groups in total. The van der Waals surface area contributed by atoms with Crippen molar-refractivity contribution in [2.45, 2.75) is 55.2 Å². The van der Waals surface area contributed by atoms with Gasteiger partial charge >= 0.3 is 11.9 Å². The summed E-state index contributed by atoms with van der Waals surface area (Å²) in [7, 11) is 0. The van der Waals surface area contributed by atoms with Crippen LogP contribution in [0.1, 0.15) is 40.4 Å². The SMILES string of the molecule is CC(=O)N[C@H]1[C@@H]([C@@H](O)[C@@H](O)CNC(=S)Nc2ccc3c(c2)C(=O)OC32c3ccc(O)cc3Oc3cc(O)ccc32)O[C@@](O)(C(=O)O)C[C@H]1O. The van der Waals surface area contributed by atoms with Gasteiger partial charge in [0.2, 0.25) is 5.91 Å². The Labute approximate surface area is 282 Å². The Bertz CT molecular complexity index is 1820. The Kier molecular flexibility index (Phi) is 8.60. The number of aliphatic hydroxyl groups excluding tert-OH is 3. The molecule has 1 spiro atoms. The molecule has 3 aliphatic rings. The fourth-order valence-corrected chi connectivity index (χ4v) is 6.51. The number of aromatic hydroxyl groups is 2. The monoisotopic (exact) mass is 697 g/mol. The second-order valence-electron chi connectivity index (χ2n) is 11.9. The number of aliphatic carboxylic acids is 1. The van der Waals surface area contributed by atoms with Gasteiger partial charge in [0.1, 0.15) is 35.2 Å². The molecule has 3 aromatic carbocycles. The number of aliphatic hydroxyl groups is 4. The van der Waals surface area contributed by atoms with Crippen LogP contribution in [0.4, 0.5) is 5.69 Å². The van der Waals surface area contributed by atoms with E-state index >= 15 is 0 Å². The van der Waals surface area contributed by atoms with Crippen LogP contribution in [0.3, 0.4) is 0 Å². The van der Waals surface area contributed by atoms with Crippen LogP contribution < -0.4 is 20.7 Å². The number of hydrogen-bond donors (Lipinski definition) is 10.